The van der Waals surface area contributed by atoms with Crippen LogP contribution >= 0.6 is 11.6 Å². The summed E-state index contributed by atoms with van der Waals surface area (Å²) >= 11 is 5.90. The SMILES string of the molecule is CC(C)(Oc1ccc(Cl)cc1)C(=O)N1CCC(n2cc(C3CC3)nn2)C1. The van der Waals surface area contributed by atoms with Crippen LogP contribution in [0, 0.1) is 0 Å². The number of hydrogen-bond donors (Lipinski definition) is 0. The molecule has 2 heterocycles. The van der Waals surface area contributed by atoms with E-state index < -0.39 is 5.60 Å². The van der Waals surface area contributed by atoms with Gasteiger partial charge in [-0.2, -0.15) is 0 Å². The number of ether oxygens (including phenoxy) is 1. The molecule has 2 aliphatic rings. The number of nitrogens with zero attached hydrogens (tertiary/aromatic N) is 4. The number of carbonyl (C=O) groups is 1. The van der Waals surface area contributed by atoms with Crippen molar-refractivity contribution in [3.8, 4) is 5.75 Å². The topological polar surface area (TPSA) is 60.2 Å². The lowest BCUT2D eigenvalue weighted by atomic mass is 10.1. The number of likely N-dealkylation sites (tertiary alicyclic amines) is 1. The maximum Gasteiger partial charge on any atom is 0.266 e. The first-order valence-electron chi connectivity index (χ1n) is 9.08. The predicted molar refractivity (Wildman–Crippen MR) is 98.4 cm³/mol. The Labute approximate surface area is 158 Å². The van der Waals surface area contributed by atoms with E-state index in [1.165, 1.54) is 12.8 Å². The van der Waals surface area contributed by atoms with Crippen LogP contribution in [0.25, 0.3) is 0 Å². The van der Waals surface area contributed by atoms with E-state index in [9.17, 15) is 4.79 Å². The number of benzene rings is 1. The Hall–Kier alpha value is -2.08. The molecule has 7 heteroatoms. The van der Waals surface area contributed by atoms with Gasteiger partial charge in [0, 0.05) is 30.2 Å². The monoisotopic (exact) mass is 374 g/mol. The Kier molecular flexibility index (Phi) is 4.39. The Morgan fingerprint density at radius 3 is 2.65 bits per heavy atom. The maximum absolute atomic E-state index is 13.0. The summed E-state index contributed by atoms with van der Waals surface area (Å²) in [7, 11) is 0. The molecule has 26 heavy (non-hydrogen) atoms. The van der Waals surface area contributed by atoms with Crippen molar-refractivity contribution in [1.82, 2.24) is 19.9 Å². The van der Waals surface area contributed by atoms with Gasteiger partial charge < -0.3 is 9.64 Å². The second kappa shape index (κ2) is 6.58. The second-order valence-corrected chi connectivity index (χ2v) is 8.09. The van der Waals surface area contributed by atoms with Crippen LogP contribution in [0.15, 0.2) is 30.5 Å². The Morgan fingerprint density at radius 1 is 1.23 bits per heavy atom. The van der Waals surface area contributed by atoms with Gasteiger partial charge in [-0.15, -0.1) is 5.10 Å². The van der Waals surface area contributed by atoms with Gasteiger partial charge in [-0.1, -0.05) is 16.8 Å². The zero-order valence-corrected chi connectivity index (χ0v) is 15.8. The number of aromatic nitrogens is 3. The molecule has 1 aliphatic heterocycles. The largest absolute Gasteiger partial charge is 0.478 e. The molecule has 4 rings (SSSR count). The van der Waals surface area contributed by atoms with E-state index in [0.29, 0.717) is 29.8 Å². The van der Waals surface area contributed by atoms with Crippen molar-refractivity contribution in [2.45, 2.75) is 50.7 Å². The van der Waals surface area contributed by atoms with Gasteiger partial charge in [0.15, 0.2) is 5.60 Å². The van der Waals surface area contributed by atoms with Gasteiger partial charge in [-0.05, 0) is 57.4 Å². The minimum absolute atomic E-state index is 0.0162. The molecule has 1 aromatic heterocycles. The molecule has 0 N–H and O–H groups in total. The van der Waals surface area contributed by atoms with Crippen LogP contribution in [0.4, 0.5) is 0 Å². The smallest absolute Gasteiger partial charge is 0.266 e. The van der Waals surface area contributed by atoms with Crippen molar-refractivity contribution in [2.75, 3.05) is 13.1 Å². The Bertz CT molecular complexity index is 798. The van der Waals surface area contributed by atoms with E-state index in [4.69, 9.17) is 16.3 Å². The zero-order valence-electron chi connectivity index (χ0n) is 15.1. The zero-order chi connectivity index (χ0) is 18.3. The highest BCUT2D eigenvalue weighted by Gasteiger charge is 2.38. The molecule has 2 fully saturated rings. The van der Waals surface area contributed by atoms with Crippen molar-refractivity contribution >= 4 is 17.5 Å². The molecule has 0 spiro atoms. The number of carbonyl (C=O) groups excluding carboxylic acids is 1. The Balaban J connectivity index is 1.40. The first-order valence-corrected chi connectivity index (χ1v) is 9.46. The fraction of sp³-hybridized carbons (Fsp3) is 0.526. The quantitative estimate of drug-likeness (QED) is 0.804. The van der Waals surface area contributed by atoms with Crippen molar-refractivity contribution < 1.29 is 9.53 Å². The third-order valence-corrected chi connectivity index (χ3v) is 5.30. The summed E-state index contributed by atoms with van der Waals surface area (Å²) in [5.41, 5.74) is 0.144. The first kappa shape index (κ1) is 17.3. The molecule has 1 aliphatic carbocycles. The van der Waals surface area contributed by atoms with Gasteiger partial charge in [0.2, 0.25) is 0 Å². The van der Waals surface area contributed by atoms with Gasteiger partial charge in [0.25, 0.3) is 5.91 Å². The summed E-state index contributed by atoms with van der Waals surface area (Å²) in [6.07, 6.45) is 5.36. The van der Waals surface area contributed by atoms with Crippen LogP contribution in [-0.2, 0) is 4.79 Å². The number of amides is 1. The average Bonchev–Trinajstić information content (AvgIpc) is 3.15. The minimum Gasteiger partial charge on any atom is -0.478 e. The highest BCUT2D eigenvalue weighted by atomic mass is 35.5. The van der Waals surface area contributed by atoms with Crippen molar-refractivity contribution in [3.63, 3.8) is 0 Å². The molecule has 1 aromatic carbocycles. The van der Waals surface area contributed by atoms with Crippen LogP contribution in [0.2, 0.25) is 5.02 Å². The van der Waals surface area contributed by atoms with Crippen LogP contribution in [-0.4, -0.2) is 44.5 Å². The van der Waals surface area contributed by atoms with Crippen LogP contribution in [0.3, 0.4) is 0 Å². The van der Waals surface area contributed by atoms with Gasteiger partial charge in [0.05, 0.1) is 11.7 Å². The average molecular weight is 375 g/mol. The van der Waals surface area contributed by atoms with E-state index in [-0.39, 0.29) is 11.9 Å². The molecule has 2 aromatic rings. The standard InChI is InChI=1S/C19H23ClN4O2/c1-19(2,26-16-7-5-14(20)6-8-16)18(25)23-10-9-15(11-23)24-12-17(21-22-24)13-3-4-13/h5-8,12-13,15H,3-4,9-11H2,1-2H3. The molecule has 6 nitrogen and oxygen atoms in total. The summed E-state index contributed by atoms with van der Waals surface area (Å²) in [5, 5.41) is 9.20. The van der Waals surface area contributed by atoms with Gasteiger partial charge in [0.1, 0.15) is 5.75 Å². The molecule has 1 unspecified atom stereocenters. The molecular weight excluding hydrogens is 352 g/mol. The predicted octanol–water partition coefficient (Wildman–Crippen LogP) is 3.44. The molecule has 0 bridgehead atoms. The highest BCUT2D eigenvalue weighted by Crippen LogP contribution is 2.39. The van der Waals surface area contributed by atoms with Crippen molar-refractivity contribution in [3.05, 3.63) is 41.2 Å². The van der Waals surface area contributed by atoms with Gasteiger partial charge in [-0.3, -0.25) is 4.79 Å². The van der Waals surface area contributed by atoms with E-state index in [0.717, 1.165) is 12.1 Å². The molecule has 1 amide bonds. The number of rotatable bonds is 5. The van der Waals surface area contributed by atoms with Crippen molar-refractivity contribution in [1.29, 1.82) is 0 Å². The number of halogens is 1. The third-order valence-electron chi connectivity index (χ3n) is 5.05. The maximum atomic E-state index is 13.0. The van der Waals surface area contributed by atoms with Gasteiger partial charge >= 0.3 is 0 Å². The van der Waals surface area contributed by atoms with E-state index in [2.05, 4.69) is 10.3 Å². The fourth-order valence-electron chi connectivity index (χ4n) is 3.40. The molecule has 1 saturated heterocycles. The Morgan fingerprint density at radius 2 is 1.96 bits per heavy atom. The summed E-state index contributed by atoms with van der Waals surface area (Å²) in [6.45, 7) is 4.95. The number of hydrogen-bond acceptors (Lipinski definition) is 4. The first-order chi connectivity index (χ1) is 12.4. The van der Waals surface area contributed by atoms with E-state index in [1.54, 1.807) is 38.1 Å². The second-order valence-electron chi connectivity index (χ2n) is 7.66. The molecule has 1 saturated carbocycles. The summed E-state index contributed by atoms with van der Waals surface area (Å²) < 4.78 is 7.86. The highest BCUT2D eigenvalue weighted by molar-refractivity contribution is 6.30. The van der Waals surface area contributed by atoms with Crippen LogP contribution in [0.1, 0.15) is 50.8 Å². The fourth-order valence-corrected chi connectivity index (χ4v) is 3.52. The van der Waals surface area contributed by atoms with Crippen LogP contribution < -0.4 is 4.74 Å². The van der Waals surface area contributed by atoms with E-state index >= 15 is 0 Å². The summed E-state index contributed by atoms with van der Waals surface area (Å²) in [4.78, 5) is 14.8. The lowest BCUT2D eigenvalue weighted by molar-refractivity contribution is -0.144. The summed E-state index contributed by atoms with van der Waals surface area (Å²) in [5.74, 6) is 1.21. The molecular formula is C19H23ClN4O2. The molecule has 1 atom stereocenters. The molecule has 138 valence electrons. The normalized spacial score (nSPS) is 20.4. The van der Waals surface area contributed by atoms with E-state index in [1.807, 2.05) is 15.8 Å². The minimum atomic E-state index is -0.940. The van der Waals surface area contributed by atoms with Gasteiger partial charge in [-0.25, -0.2) is 4.68 Å². The lowest BCUT2D eigenvalue weighted by Gasteiger charge is -2.30. The van der Waals surface area contributed by atoms with Crippen LogP contribution in [0.5, 0.6) is 5.75 Å². The third kappa shape index (κ3) is 3.56. The molecule has 0 radical (unpaired) electrons. The summed E-state index contributed by atoms with van der Waals surface area (Å²) in [6, 6.07) is 7.25. The lowest BCUT2D eigenvalue weighted by Crippen LogP contribution is -2.48. The van der Waals surface area contributed by atoms with Crippen molar-refractivity contribution in [2.24, 2.45) is 0 Å².